The van der Waals surface area contributed by atoms with Crippen molar-refractivity contribution in [3.63, 3.8) is 0 Å². The number of carbonyl (C=O) groups is 2. The lowest BCUT2D eigenvalue weighted by Gasteiger charge is -2.35. The van der Waals surface area contributed by atoms with E-state index in [0.29, 0.717) is 17.9 Å². The number of aldehydes is 1. The second kappa shape index (κ2) is 12.7. The highest BCUT2D eigenvalue weighted by atomic mass is 16.5. The summed E-state index contributed by atoms with van der Waals surface area (Å²) in [5.41, 5.74) is 3.81. The summed E-state index contributed by atoms with van der Waals surface area (Å²) in [6.45, 7) is 13.6. The maximum atomic E-state index is 13.5. The second-order valence-electron chi connectivity index (χ2n) is 8.97. The number of aryl methyl sites for hydroxylation is 1. The second-order valence-corrected chi connectivity index (χ2v) is 8.97. The van der Waals surface area contributed by atoms with Gasteiger partial charge in [-0.15, -0.1) is 0 Å². The Morgan fingerprint density at radius 3 is 2.65 bits per heavy atom. The van der Waals surface area contributed by atoms with E-state index in [-0.39, 0.29) is 11.9 Å². The van der Waals surface area contributed by atoms with E-state index >= 15 is 0 Å². The van der Waals surface area contributed by atoms with Crippen LogP contribution in [0.3, 0.4) is 0 Å². The molecule has 186 valence electrons. The molecule has 2 aliphatic heterocycles. The summed E-state index contributed by atoms with van der Waals surface area (Å²) in [6.07, 6.45) is 6.02. The van der Waals surface area contributed by atoms with Gasteiger partial charge in [0.05, 0.1) is 11.7 Å². The van der Waals surface area contributed by atoms with Gasteiger partial charge in [0.15, 0.2) is 0 Å². The van der Waals surface area contributed by atoms with Crippen LogP contribution in [0.4, 0.5) is 5.69 Å². The molecule has 2 saturated heterocycles. The number of hydrogen-bond acceptors (Lipinski definition) is 7. The van der Waals surface area contributed by atoms with Crippen molar-refractivity contribution < 1.29 is 14.3 Å². The number of rotatable bonds is 9. The van der Waals surface area contributed by atoms with Crippen LogP contribution in [0.5, 0.6) is 0 Å². The molecule has 0 spiro atoms. The van der Waals surface area contributed by atoms with Crippen LogP contribution in [0.1, 0.15) is 54.1 Å². The van der Waals surface area contributed by atoms with Crippen molar-refractivity contribution >= 4 is 30.3 Å². The lowest BCUT2D eigenvalue weighted by atomic mass is 9.97. The number of ether oxygens (including phenoxy) is 1. The molecule has 1 atom stereocenters. The SMILES string of the molecule is C=NN(/C(=C/C=O)c1cc(C(=O)N2CCN(CCC)CC2)c(C)cc1NC)C1CCCOCC1. The van der Waals surface area contributed by atoms with Gasteiger partial charge in [-0.25, -0.2) is 0 Å². The number of nitrogens with zero attached hydrogens (tertiary/aromatic N) is 4. The fourth-order valence-electron chi connectivity index (χ4n) is 4.89. The van der Waals surface area contributed by atoms with Gasteiger partial charge < -0.3 is 15.0 Å². The molecule has 2 aliphatic rings. The number of piperazine rings is 1. The van der Waals surface area contributed by atoms with E-state index in [4.69, 9.17) is 4.74 Å². The smallest absolute Gasteiger partial charge is 0.254 e. The van der Waals surface area contributed by atoms with E-state index in [1.165, 1.54) is 6.08 Å². The number of allylic oxidation sites excluding steroid dienone is 1. The maximum Gasteiger partial charge on any atom is 0.254 e. The molecule has 8 nitrogen and oxygen atoms in total. The van der Waals surface area contributed by atoms with Crippen LogP contribution in [-0.2, 0) is 9.53 Å². The zero-order valence-corrected chi connectivity index (χ0v) is 20.9. The molecular formula is C26H39N5O3. The normalized spacial score (nSPS) is 19.9. The minimum absolute atomic E-state index is 0.0315. The van der Waals surface area contributed by atoms with Crippen LogP contribution in [0.2, 0.25) is 0 Å². The number of anilines is 1. The van der Waals surface area contributed by atoms with Gasteiger partial charge in [-0.3, -0.25) is 19.5 Å². The third-order valence-electron chi connectivity index (χ3n) is 6.73. The lowest BCUT2D eigenvalue weighted by Crippen LogP contribution is -2.48. The molecule has 1 aromatic rings. The van der Waals surface area contributed by atoms with Crippen molar-refractivity contribution in [1.82, 2.24) is 14.8 Å². The molecular weight excluding hydrogens is 430 g/mol. The zero-order chi connectivity index (χ0) is 24.5. The molecule has 0 saturated carbocycles. The van der Waals surface area contributed by atoms with E-state index in [1.54, 1.807) is 0 Å². The highest BCUT2D eigenvalue weighted by molar-refractivity contribution is 5.98. The average molecular weight is 470 g/mol. The largest absolute Gasteiger partial charge is 0.388 e. The van der Waals surface area contributed by atoms with E-state index in [0.717, 1.165) is 88.1 Å². The van der Waals surface area contributed by atoms with Crippen molar-refractivity contribution in [2.24, 2.45) is 5.10 Å². The van der Waals surface area contributed by atoms with E-state index in [1.807, 2.05) is 36.0 Å². The standard InChI is InChI=1S/C26H39N5O3/c1-5-10-29-11-13-30(14-12-29)26(33)22-19-23(24(27-3)18-20(22)2)25(8-15-32)31(28-4)21-7-6-16-34-17-9-21/h8,15,18-19,21,27H,4-7,9-14,16-17H2,1-3H3/b25-8+. The molecule has 0 aliphatic carbocycles. The Balaban J connectivity index is 1.95. The van der Waals surface area contributed by atoms with Gasteiger partial charge in [0, 0.05) is 76.0 Å². The highest BCUT2D eigenvalue weighted by Gasteiger charge is 2.27. The molecule has 34 heavy (non-hydrogen) atoms. The van der Waals surface area contributed by atoms with E-state index < -0.39 is 0 Å². The number of amides is 1. The molecule has 8 heteroatoms. The fraction of sp³-hybridized carbons (Fsp3) is 0.577. The van der Waals surface area contributed by atoms with Gasteiger partial charge >= 0.3 is 0 Å². The topological polar surface area (TPSA) is 77.5 Å². The van der Waals surface area contributed by atoms with Crippen molar-refractivity contribution in [3.8, 4) is 0 Å². The Bertz CT molecular complexity index is 885. The Kier molecular flexibility index (Phi) is 9.65. The van der Waals surface area contributed by atoms with Crippen molar-refractivity contribution in [2.75, 3.05) is 58.3 Å². The van der Waals surface area contributed by atoms with Crippen LogP contribution in [0.25, 0.3) is 5.70 Å². The first-order chi connectivity index (χ1) is 16.5. The minimum atomic E-state index is 0.0315. The van der Waals surface area contributed by atoms with Crippen LogP contribution in [-0.4, -0.2) is 92.7 Å². The molecule has 0 aromatic heterocycles. The van der Waals surface area contributed by atoms with Crippen LogP contribution in [0.15, 0.2) is 23.3 Å². The third-order valence-corrected chi connectivity index (χ3v) is 6.73. The van der Waals surface area contributed by atoms with Crippen molar-refractivity contribution in [3.05, 3.63) is 34.9 Å². The summed E-state index contributed by atoms with van der Waals surface area (Å²) in [7, 11) is 1.84. The molecule has 1 amide bonds. The van der Waals surface area contributed by atoms with Crippen molar-refractivity contribution in [2.45, 2.75) is 45.6 Å². The van der Waals surface area contributed by atoms with Gasteiger partial charge in [-0.05, 0) is 56.8 Å². The first kappa shape index (κ1) is 25.9. The predicted molar refractivity (Wildman–Crippen MR) is 137 cm³/mol. The molecule has 1 unspecified atom stereocenters. The summed E-state index contributed by atoms with van der Waals surface area (Å²) < 4.78 is 5.62. The third kappa shape index (κ3) is 6.04. The van der Waals surface area contributed by atoms with E-state index in [2.05, 4.69) is 29.0 Å². The number of carbonyl (C=O) groups excluding carboxylic acids is 2. The Hall–Kier alpha value is -2.71. The molecule has 3 rings (SSSR count). The Morgan fingerprint density at radius 1 is 1.24 bits per heavy atom. The molecule has 1 aromatic carbocycles. The first-order valence-corrected chi connectivity index (χ1v) is 12.4. The molecule has 2 heterocycles. The zero-order valence-electron chi connectivity index (χ0n) is 20.9. The molecule has 0 radical (unpaired) electrons. The molecule has 1 N–H and O–H groups in total. The monoisotopic (exact) mass is 469 g/mol. The first-order valence-electron chi connectivity index (χ1n) is 12.4. The number of benzene rings is 1. The minimum Gasteiger partial charge on any atom is -0.388 e. The molecule has 2 fully saturated rings. The highest BCUT2D eigenvalue weighted by Crippen LogP contribution is 2.33. The van der Waals surface area contributed by atoms with Crippen LogP contribution >= 0.6 is 0 Å². The van der Waals surface area contributed by atoms with Gasteiger partial charge in [0.2, 0.25) is 0 Å². The van der Waals surface area contributed by atoms with E-state index in [9.17, 15) is 9.59 Å². The average Bonchev–Trinajstić information content (AvgIpc) is 3.14. The number of hydrogen-bond donors (Lipinski definition) is 1. The maximum absolute atomic E-state index is 13.5. The predicted octanol–water partition coefficient (Wildman–Crippen LogP) is 3.23. The van der Waals surface area contributed by atoms with Gasteiger partial charge in [-0.1, -0.05) is 6.92 Å². The quantitative estimate of drug-likeness (QED) is 0.259. The number of nitrogens with one attached hydrogen (secondary N) is 1. The van der Waals surface area contributed by atoms with Gasteiger partial charge in [0.1, 0.15) is 6.29 Å². The fourth-order valence-corrected chi connectivity index (χ4v) is 4.89. The van der Waals surface area contributed by atoms with Crippen LogP contribution < -0.4 is 5.32 Å². The molecule has 0 bridgehead atoms. The summed E-state index contributed by atoms with van der Waals surface area (Å²) >= 11 is 0. The Morgan fingerprint density at radius 2 is 2.00 bits per heavy atom. The number of hydrazone groups is 1. The van der Waals surface area contributed by atoms with Gasteiger partial charge in [0.25, 0.3) is 5.91 Å². The Labute approximate surface area is 203 Å². The summed E-state index contributed by atoms with van der Waals surface area (Å²) in [4.78, 5) is 29.6. The summed E-state index contributed by atoms with van der Waals surface area (Å²) in [5, 5.41) is 9.37. The summed E-state index contributed by atoms with van der Waals surface area (Å²) in [5.74, 6) is 0.0315. The van der Waals surface area contributed by atoms with Crippen LogP contribution in [0, 0.1) is 6.92 Å². The van der Waals surface area contributed by atoms with Crippen molar-refractivity contribution in [1.29, 1.82) is 0 Å². The lowest BCUT2D eigenvalue weighted by molar-refractivity contribution is -0.104. The van der Waals surface area contributed by atoms with Gasteiger partial charge in [-0.2, -0.15) is 5.10 Å². The summed E-state index contributed by atoms with van der Waals surface area (Å²) in [6, 6.07) is 3.96.